The molecule has 1 aromatic rings. The molecule has 1 aromatic heterocycles. The Morgan fingerprint density at radius 3 is 2.30 bits per heavy atom. The SMILES string of the molecule is O=C(NC12CC3CC(CC(C3)C1)C2)c1cc[nH]c(=O)c1. The van der Waals surface area contributed by atoms with Crippen LogP contribution >= 0.6 is 0 Å². The van der Waals surface area contributed by atoms with E-state index >= 15 is 0 Å². The molecule has 4 aliphatic carbocycles. The van der Waals surface area contributed by atoms with Gasteiger partial charge in [0.2, 0.25) is 5.56 Å². The minimum absolute atomic E-state index is 0.00837. The summed E-state index contributed by atoms with van der Waals surface area (Å²) in [5.41, 5.74) is 0.265. The fourth-order valence-electron chi connectivity index (χ4n) is 5.16. The lowest BCUT2D eigenvalue weighted by Crippen LogP contribution is -2.59. The van der Waals surface area contributed by atoms with Crippen LogP contribution in [0, 0.1) is 17.8 Å². The van der Waals surface area contributed by atoms with Crippen LogP contribution in [0.3, 0.4) is 0 Å². The summed E-state index contributed by atoms with van der Waals surface area (Å²) in [5.74, 6) is 2.33. The van der Waals surface area contributed by atoms with Crippen LogP contribution in [0.2, 0.25) is 0 Å². The molecule has 4 bridgehead atoms. The van der Waals surface area contributed by atoms with Gasteiger partial charge >= 0.3 is 0 Å². The molecule has 0 saturated heterocycles. The van der Waals surface area contributed by atoms with Crippen molar-refractivity contribution in [3.05, 3.63) is 34.2 Å². The predicted octanol–water partition coefficient (Wildman–Crippen LogP) is 2.07. The maximum atomic E-state index is 12.4. The van der Waals surface area contributed by atoms with Gasteiger partial charge in [0.1, 0.15) is 0 Å². The van der Waals surface area contributed by atoms with Crippen molar-refractivity contribution in [1.82, 2.24) is 10.3 Å². The highest BCUT2D eigenvalue weighted by atomic mass is 16.2. The molecule has 106 valence electrons. The van der Waals surface area contributed by atoms with Gasteiger partial charge in [-0.3, -0.25) is 9.59 Å². The minimum Gasteiger partial charge on any atom is -0.347 e. The Morgan fingerprint density at radius 1 is 1.15 bits per heavy atom. The Kier molecular flexibility index (Phi) is 2.56. The lowest BCUT2D eigenvalue weighted by molar-refractivity contribution is -0.0167. The Morgan fingerprint density at radius 2 is 1.75 bits per heavy atom. The molecule has 2 N–H and O–H groups in total. The third-order valence-electron chi connectivity index (χ3n) is 5.45. The van der Waals surface area contributed by atoms with Gasteiger partial charge in [-0.05, 0) is 62.3 Å². The van der Waals surface area contributed by atoms with E-state index in [9.17, 15) is 9.59 Å². The van der Waals surface area contributed by atoms with Gasteiger partial charge in [-0.1, -0.05) is 0 Å². The molecule has 4 heteroatoms. The number of carbonyl (C=O) groups excluding carboxylic acids is 1. The van der Waals surface area contributed by atoms with E-state index < -0.39 is 0 Å². The summed E-state index contributed by atoms with van der Waals surface area (Å²) in [6, 6.07) is 3.06. The fourth-order valence-corrected chi connectivity index (χ4v) is 5.16. The summed E-state index contributed by atoms with van der Waals surface area (Å²) in [4.78, 5) is 26.3. The van der Waals surface area contributed by atoms with Crippen LogP contribution in [0.15, 0.2) is 23.1 Å². The van der Waals surface area contributed by atoms with Crippen molar-refractivity contribution >= 4 is 5.91 Å². The van der Waals surface area contributed by atoms with Crippen LogP contribution in [0.5, 0.6) is 0 Å². The maximum Gasteiger partial charge on any atom is 0.251 e. The average Bonchev–Trinajstić information content (AvgIpc) is 2.36. The van der Waals surface area contributed by atoms with Crippen LogP contribution in [-0.2, 0) is 0 Å². The molecule has 0 aromatic carbocycles. The molecule has 0 spiro atoms. The van der Waals surface area contributed by atoms with Gasteiger partial charge in [-0.15, -0.1) is 0 Å². The number of rotatable bonds is 2. The van der Waals surface area contributed by atoms with Crippen LogP contribution in [0.25, 0.3) is 0 Å². The third-order valence-corrected chi connectivity index (χ3v) is 5.45. The lowest BCUT2D eigenvalue weighted by Gasteiger charge is -2.56. The molecular weight excluding hydrogens is 252 g/mol. The molecular formula is C16H20N2O2. The molecule has 0 atom stereocenters. The number of H-pyrrole nitrogens is 1. The summed E-state index contributed by atoms with van der Waals surface area (Å²) < 4.78 is 0. The monoisotopic (exact) mass is 272 g/mol. The van der Waals surface area contributed by atoms with Crippen LogP contribution in [0.4, 0.5) is 0 Å². The molecule has 1 amide bonds. The summed E-state index contributed by atoms with van der Waals surface area (Å²) in [6.07, 6.45) is 9.02. The van der Waals surface area contributed by atoms with E-state index in [4.69, 9.17) is 0 Å². The van der Waals surface area contributed by atoms with Crippen LogP contribution < -0.4 is 10.9 Å². The highest BCUT2D eigenvalue weighted by Gasteiger charge is 2.51. The second kappa shape index (κ2) is 4.21. The zero-order chi connectivity index (χ0) is 13.7. The molecule has 1 heterocycles. The molecule has 20 heavy (non-hydrogen) atoms. The second-order valence-electron chi connectivity index (χ2n) is 7.09. The molecule has 0 unspecified atom stereocenters. The summed E-state index contributed by atoms with van der Waals surface area (Å²) in [6.45, 7) is 0. The lowest BCUT2D eigenvalue weighted by atomic mass is 9.53. The van der Waals surface area contributed by atoms with E-state index in [0.29, 0.717) is 5.56 Å². The smallest absolute Gasteiger partial charge is 0.251 e. The van der Waals surface area contributed by atoms with E-state index in [0.717, 1.165) is 37.0 Å². The van der Waals surface area contributed by atoms with E-state index in [1.54, 1.807) is 6.07 Å². The van der Waals surface area contributed by atoms with Crippen molar-refractivity contribution < 1.29 is 4.79 Å². The molecule has 4 fully saturated rings. The van der Waals surface area contributed by atoms with Crippen molar-refractivity contribution in [1.29, 1.82) is 0 Å². The molecule has 5 rings (SSSR count). The Hall–Kier alpha value is -1.58. The average molecular weight is 272 g/mol. The first-order valence-corrected chi connectivity index (χ1v) is 7.63. The second-order valence-corrected chi connectivity index (χ2v) is 7.09. The number of hydrogen-bond acceptors (Lipinski definition) is 2. The van der Waals surface area contributed by atoms with Gasteiger partial charge in [-0.25, -0.2) is 0 Å². The van der Waals surface area contributed by atoms with Crippen molar-refractivity contribution in [2.45, 2.75) is 44.1 Å². The number of nitrogens with one attached hydrogen (secondary N) is 2. The molecule has 0 radical (unpaired) electrons. The van der Waals surface area contributed by atoms with Crippen molar-refractivity contribution in [3.63, 3.8) is 0 Å². The fraction of sp³-hybridized carbons (Fsp3) is 0.625. The van der Waals surface area contributed by atoms with Gasteiger partial charge in [0.15, 0.2) is 0 Å². The van der Waals surface area contributed by atoms with Gasteiger partial charge in [0.05, 0.1) is 0 Å². The van der Waals surface area contributed by atoms with Gasteiger partial charge in [-0.2, -0.15) is 0 Å². The van der Waals surface area contributed by atoms with Crippen LogP contribution in [0.1, 0.15) is 48.9 Å². The van der Waals surface area contributed by atoms with Crippen molar-refractivity contribution in [3.8, 4) is 0 Å². The molecule has 4 aliphatic rings. The molecule has 0 aliphatic heterocycles. The van der Waals surface area contributed by atoms with E-state index in [1.807, 2.05) is 0 Å². The first kappa shape index (κ1) is 12.2. The third kappa shape index (κ3) is 1.98. The number of pyridine rings is 1. The van der Waals surface area contributed by atoms with Crippen molar-refractivity contribution in [2.24, 2.45) is 17.8 Å². The highest BCUT2D eigenvalue weighted by molar-refractivity contribution is 5.94. The van der Waals surface area contributed by atoms with E-state index in [2.05, 4.69) is 10.3 Å². The first-order chi connectivity index (χ1) is 9.62. The maximum absolute atomic E-state index is 12.4. The minimum atomic E-state index is -0.219. The standard InChI is InChI=1S/C16H20N2O2/c19-14-6-13(1-2-17-14)15(20)18-16-7-10-3-11(8-16)5-12(4-10)9-16/h1-2,6,10-12H,3-5,7-9H2,(H,17,19)(H,18,20). The highest BCUT2D eigenvalue weighted by Crippen LogP contribution is 2.55. The van der Waals surface area contributed by atoms with Crippen LogP contribution in [-0.4, -0.2) is 16.4 Å². The van der Waals surface area contributed by atoms with Gasteiger partial charge < -0.3 is 10.3 Å². The zero-order valence-electron chi connectivity index (χ0n) is 11.5. The van der Waals surface area contributed by atoms with Crippen molar-refractivity contribution in [2.75, 3.05) is 0 Å². The number of hydrogen-bond donors (Lipinski definition) is 2. The summed E-state index contributed by atoms with van der Waals surface area (Å²) >= 11 is 0. The van der Waals surface area contributed by atoms with E-state index in [1.165, 1.54) is 31.5 Å². The van der Waals surface area contributed by atoms with E-state index in [-0.39, 0.29) is 17.0 Å². The number of aromatic amines is 1. The van der Waals surface area contributed by atoms with Gasteiger partial charge in [0, 0.05) is 23.4 Å². The Labute approximate surface area is 118 Å². The Bertz CT molecular complexity index is 569. The molecule has 4 saturated carbocycles. The van der Waals surface area contributed by atoms with Gasteiger partial charge in [0.25, 0.3) is 5.91 Å². The summed E-state index contributed by atoms with van der Waals surface area (Å²) in [5, 5.41) is 3.28. The zero-order valence-corrected chi connectivity index (χ0v) is 11.5. The number of carbonyl (C=O) groups is 1. The molecule has 4 nitrogen and oxygen atoms in total. The predicted molar refractivity (Wildman–Crippen MR) is 75.4 cm³/mol. The quantitative estimate of drug-likeness (QED) is 0.865. The Balaban J connectivity index is 1.57. The number of aromatic nitrogens is 1. The topological polar surface area (TPSA) is 62.0 Å². The largest absolute Gasteiger partial charge is 0.347 e. The first-order valence-electron chi connectivity index (χ1n) is 7.63. The normalized spacial score (nSPS) is 37.9. The number of amides is 1. The summed E-state index contributed by atoms with van der Waals surface area (Å²) in [7, 11) is 0.